The summed E-state index contributed by atoms with van der Waals surface area (Å²) >= 11 is 1.76. The van der Waals surface area contributed by atoms with E-state index in [1.54, 1.807) is 11.3 Å². The zero-order valence-electron chi connectivity index (χ0n) is 8.37. The van der Waals surface area contributed by atoms with Crippen LogP contribution in [-0.4, -0.2) is 25.5 Å². The molecule has 1 rings (SSSR count). The fourth-order valence-electron chi connectivity index (χ4n) is 1.27. The minimum absolute atomic E-state index is 0.236. The van der Waals surface area contributed by atoms with Gasteiger partial charge in [0.25, 0.3) is 0 Å². The first kappa shape index (κ1) is 10.7. The Hall–Kier alpha value is -0.420. The van der Waals surface area contributed by atoms with Crippen molar-refractivity contribution in [1.29, 1.82) is 0 Å². The summed E-state index contributed by atoms with van der Waals surface area (Å²) in [7, 11) is 4.09. The summed E-state index contributed by atoms with van der Waals surface area (Å²) in [6.07, 6.45) is 0. The molecule has 0 spiro atoms. The van der Waals surface area contributed by atoms with Crippen LogP contribution in [-0.2, 0) is 0 Å². The Bertz CT molecular complexity index is 257. The van der Waals surface area contributed by atoms with E-state index in [2.05, 4.69) is 28.7 Å². The molecule has 0 saturated heterocycles. The summed E-state index contributed by atoms with van der Waals surface area (Å²) in [5.41, 5.74) is 4.10. The highest BCUT2D eigenvalue weighted by atomic mass is 32.1. The average molecular weight is 199 g/mol. The summed E-state index contributed by atoms with van der Waals surface area (Å²) in [5.74, 6) is 5.49. The largest absolute Gasteiger partial charge is 0.307 e. The number of nitrogens with zero attached hydrogens (tertiary/aromatic N) is 1. The smallest absolute Gasteiger partial charge is 0.0595 e. The van der Waals surface area contributed by atoms with E-state index in [1.807, 2.05) is 14.1 Å². The summed E-state index contributed by atoms with van der Waals surface area (Å²) in [4.78, 5) is 3.45. The topological polar surface area (TPSA) is 41.3 Å². The third kappa shape index (κ3) is 3.08. The Morgan fingerprint density at radius 3 is 2.69 bits per heavy atom. The molecule has 74 valence electrons. The van der Waals surface area contributed by atoms with Gasteiger partial charge in [-0.2, -0.15) is 0 Å². The molecule has 1 heterocycles. The molecule has 1 aromatic heterocycles. The molecule has 0 aromatic carbocycles. The van der Waals surface area contributed by atoms with E-state index in [0.717, 1.165) is 6.54 Å². The monoisotopic (exact) mass is 199 g/mol. The fourth-order valence-corrected chi connectivity index (χ4v) is 2.02. The zero-order valence-corrected chi connectivity index (χ0v) is 9.19. The van der Waals surface area contributed by atoms with Crippen molar-refractivity contribution in [2.45, 2.75) is 13.0 Å². The number of hydrazine groups is 1. The van der Waals surface area contributed by atoms with Crippen LogP contribution in [0.25, 0.3) is 0 Å². The fraction of sp³-hybridized carbons (Fsp3) is 0.556. The standard InChI is InChI=1S/C9H17N3S/c1-7-4-8(6-13-7)9(11-10)5-12(2)3/h4,6,9,11H,5,10H2,1-3H3. The van der Waals surface area contributed by atoms with Crippen LogP contribution >= 0.6 is 11.3 Å². The first-order valence-corrected chi connectivity index (χ1v) is 5.17. The van der Waals surface area contributed by atoms with Gasteiger partial charge in [-0.05, 0) is 38.0 Å². The molecule has 3 nitrogen and oxygen atoms in total. The number of nitrogens with one attached hydrogen (secondary N) is 1. The van der Waals surface area contributed by atoms with Gasteiger partial charge in [-0.15, -0.1) is 11.3 Å². The Labute approximate surface area is 83.5 Å². The molecule has 3 N–H and O–H groups in total. The predicted molar refractivity (Wildman–Crippen MR) is 57.7 cm³/mol. The minimum Gasteiger partial charge on any atom is -0.307 e. The second-order valence-corrected chi connectivity index (χ2v) is 4.59. The highest BCUT2D eigenvalue weighted by Crippen LogP contribution is 2.19. The van der Waals surface area contributed by atoms with Crippen LogP contribution in [0.15, 0.2) is 11.4 Å². The normalized spacial score (nSPS) is 13.6. The summed E-state index contributed by atoms with van der Waals surface area (Å²) in [6, 6.07) is 2.42. The Balaban J connectivity index is 2.66. The van der Waals surface area contributed by atoms with Crippen molar-refractivity contribution >= 4 is 11.3 Å². The maximum Gasteiger partial charge on any atom is 0.0595 e. The third-order valence-electron chi connectivity index (χ3n) is 1.90. The van der Waals surface area contributed by atoms with Crippen molar-refractivity contribution in [1.82, 2.24) is 10.3 Å². The molecular formula is C9H17N3S. The van der Waals surface area contributed by atoms with E-state index in [-0.39, 0.29) is 6.04 Å². The highest BCUT2D eigenvalue weighted by molar-refractivity contribution is 7.10. The van der Waals surface area contributed by atoms with Gasteiger partial charge in [-0.1, -0.05) is 0 Å². The second kappa shape index (κ2) is 4.72. The lowest BCUT2D eigenvalue weighted by molar-refractivity contribution is 0.345. The Morgan fingerprint density at radius 2 is 2.31 bits per heavy atom. The lowest BCUT2D eigenvalue weighted by Gasteiger charge is -2.19. The quantitative estimate of drug-likeness (QED) is 0.564. The molecule has 1 atom stereocenters. The Kier molecular flexibility index (Phi) is 3.87. The number of aryl methyl sites for hydroxylation is 1. The molecule has 0 aliphatic heterocycles. The van der Waals surface area contributed by atoms with Crippen LogP contribution in [0, 0.1) is 6.92 Å². The molecule has 1 aromatic rings. The van der Waals surface area contributed by atoms with E-state index in [9.17, 15) is 0 Å². The number of rotatable bonds is 4. The molecule has 0 aliphatic rings. The van der Waals surface area contributed by atoms with Crippen LogP contribution in [0.4, 0.5) is 0 Å². The van der Waals surface area contributed by atoms with Gasteiger partial charge in [0.2, 0.25) is 0 Å². The van der Waals surface area contributed by atoms with Crippen LogP contribution < -0.4 is 11.3 Å². The van der Waals surface area contributed by atoms with Crippen LogP contribution in [0.1, 0.15) is 16.5 Å². The predicted octanol–water partition coefficient (Wildman–Crippen LogP) is 1.12. The summed E-state index contributed by atoms with van der Waals surface area (Å²) < 4.78 is 0. The Morgan fingerprint density at radius 1 is 1.62 bits per heavy atom. The number of nitrogens with two attached hydrogens (primary N) is 1. The number of hydrogen-bond donors (Lipinski definition) is 2. The SMILES string of the molecule is Cc1cc(C(CN(C)C)NN)cs1. The van der Waals surface area contributed by atoms with Gasteiger partial charge in [0.15, 0.2) is 0 Å². The van der Waals surface area contributed by atoms with Crippen molar-refractivity contribution in [3.8, 4) is 0 Å². The average Bonchev–Trinajstić information content (AvgIpc) is 2.47. The molecule has 4 heteroatoms. The van der Waals surface area contributed by atoms with Gasteiger partial charge in [0, 0.05) is 11.4 Å². The molecular weight excluding hydrogens is 182 g/mol. The lowest BCUT2D eigenvalue weighted by Crippen LogP contribution is -2.35. The number of hydrogen-bond acceptors (Lipinski definition) is 4. The first-order valence-electron chi connectivity index (χ1n) is 4.29. The molecule has 0 fully saturated rings. The van der Waals surface area contributed by atoms with E-state index < -0.39 is 0 Å². The van der Waals surface area contributed by atoms with Crippen molar-refractivity contribution in [2.24, 2.45) is 5.84 Å². The van der Waals surface area contributed by atoms with E-state index in [4.69, 9.17) is 5.84 Å². The van der Waals surface area contributed by atoms with Gasteiger partial charge in [-0.3, -0.25) is 11.3 Å². The molecule has 0 radical (unpaired) electrons. The molecule has 0 saturated carbocycles. The third-order valence-corrected chi connectivity index (χ3v) is 2.78. The molecule has 1 unspecified atom stereocenters. The van der Waals surface area contributed by atoms with E-state index >= 15 is 0 Å². The second-order valence-electron chi connectivity index (χ2n) is 3.47. The first-order chi connectivity index (χ1) is 6.13. The van der Waals surface area contributed by atoms with Crippen LogP contribution in [0.3, 0.4) is 0 Å². The van der Waals surface area contributed by atoms with Gasteiger partial charge >= 0.3 is 0 Å². The highest BCUT2D eigenvalue weighted by Gasteiger charge is 2.11. The van der Waals surface area contributed by atoms with Gasteiger partial charge in [-0.25, -0.2) is 0 Å². The van der Waals surface area contributed by atoms with Crippen molar-refractivity contribution in [3.05, 3.63) is 21.9 Å². The van der Waals surface area contributed by atoms with Crippen molar-refractivity contribution in [2.75, 3.05) is 20.6 Å². The lowest BCUT2D eigenvalue weighted by atomic mass is 10.1. The summed E-state index contributed by atoms with van der Waals surface area (Å²) in [6.45, 7) is 3.03. The molecule has 13 heavy (non-hydrogen) atoms. The van der Waals surface area contributed by atoms with Gasteiger partial charge in [0.05, 0.1) is 6.04 Å². The summed E-state index contributed by atoms with van der Waals surface area (Å²) in [5, 5.41) is 2.16. The maximum absolute atomic E-state index is 5.49. The number of likely N-dealkylation sites (N-methyl/N-ethyl adjacent to an activating group) is 1. The minimum atomic E-state index is 0.236. The molecule has 0 bridgehead atoms. The van der Waals surface area contributed by atoms with Gasteiger partial charge < -0.3 is 4.90 Å². The molecule has 0 aliphatic carbocycles. The maximum atomic E-state index is 5.49. The van der Waals surface area contributed by atoms with E-state index in [1.165, 1.54) is 10.4 Å². The van der Waals surface area contributed by atoms with Crippen molar-refractivity contribution < 1.29 is 0 Å². The van der Waals surface area contributed by atoms with Crippen LogP contribution in [0.2, 0.25) is 0 Å². The van der Waals surface area contributed by atoms with Crippen LogP contribution in [0.5, 0.6) is 0 Å². The van der Waals surface area contributed by atoms with E-state index in [0.29, 0.717) is 0 Å². The van der Waals surface area contributed by atoms with Gasteiger partial charge in [0.1, 0.15) is 0 Å². The van der Waals surface area contributed by atoms with Crippen molar-refractivity contribution in [3.63, 3.8) is 0 Å². The molecule has 0 amide bonds. The number of thiophene rings is 1. The zero-order chi connectivity index (χ0) is 9.84.